The lowest BCUT2D eigenvalue weighted by molar-refractivity contribution is 0.0556. The first-order chi connectivity index (χ1) is 18.5. The highest BCUT2D eigenvalue weighted by molar-refractivity contribution is 6.00. The van der Waals surface area contributed by atoms with Crippen LogP contribution in [0.3, 0.4) is 0 Å². The fraction of sp³-hybridized carbons (Fsp3) is 0.423. The van der Waals surface area contributed by atoms with Crippen LogP contribution in [0, 0.1) is 5.82 Å². The molecule has 6 rings (SSSR count). The predicted molar refractivity (Wildman–Crippen MR) is 137 cm³/mol. The molecular formula is C26H28FN9O3. The molecule has 0 aromatic carbocycles. The van der Waals surface area contributed by atoms with Crippen LogP contribution in [0.15, 0.2) is 24.8 Å². The van der Waals surface area contributed by atoms with Crippen LogP contribution in [0.5, 0.6) is 0 Å². The molecule has 0 aliphatic carbocycles. The summed E-state index contributed by atoms with van der Waals surface area (Å²) in [6, 6.07) is 1.20. The lowest BCUT2D eigenvalue weighted by Gasteiger charge is -2.38. The molecule has 202 valence electrons. The van der Waals surface area contributed by atoms with Crippen molar-refractivity contribution in [3.05, 3.63) is 53.4 Å². The second-order valence-electron chi connectivity index (χ2n) is 10.8. The van der Waals surface area contributed by atoms with Crippen molar-refractivity contribution in [2.24, 2.45) is 0 Å². The molecule has 2 aliphatic heterocycles. The van der Waals surface area contributed by atoms with Gasteiger partial charge in [0.05, 0.1) is 17.5 Å². The number of rotatable bonds is 5. The number of carbonyl (C=O) groups is 2. The molecule has 2 aliphatic rings. The molecule has 4 N–H and O–H groups in total. The third kappa shape index (κ3) is 4.04. The monoisotopic (exact) mass is 533 g/mol. The molecule has 0 saturated carbocycles. The van der Waals surface area contributed by atoms with Gasteiger partial charge in [-0.05, 0) is 52.5 Å². The minimum atomic E-state index is -1.45. The normalized spacial score (nSPS) is 21.1. The van der Waals surface area contributed by atoms with E-state index in [1.807, 2.05) is 4.90 Å². The van der Waals surface area contributed by atoms with Gasteiger partial charge in [0, 0.05) is 35.3 Å². The Balaban J connectivity index is 1.41. The molecular weight excluding hydrogens is 505 g/mol. The van der Waals surface area contributed by atoms with Crippen molar-refractivity contribution in [3.8, 4) is 11.1 Å². The number of piperidine rings is 1. The van der Waals surface area contributed by atoms with Gasteiger partial charge in [-0.25, -0.2) is 14.4 Å². The van der Waals surface area contributed by atoms with E-state index in [9.17, 15) is 19.1 Å². The highest BCUT2D eigenvalue weighted by Gasteiger charge is 2.45. The highest BCUT2D eigenvalue weighted by atomic mass is 19.1. The largest absolute Gasteiger partial charge is 0.384 e. The maximum atomic E-state index is 14.9. The number of H-pyrrole nitrogens is 1. The van der Waals surface area contributed by atoms with Crippen molar-refractivity contribution < 1.29 is 19.1 Å². The van der Waals surface area contributed by atoms with E-state index >= 15 is 0 Å². The first-order valence-corrected chi connectivity index (χ1v) is 12.8. The Morgan fingerprint density at radius 1 is 1.18 bits per heavy atom. The third-order valence-corrected chi connectivity index (χ3v) is 7.77. The number of amides is 1. The molecule has 2 unspecified atom stereocenters. The molecule has 3 atom stereocenters. The Hall–Kier alpha value is -4.26. The van der Waals surface area contributed by atoms with Gasteiger partial charge in [-0.3, -0.25) is 19.7 Å². The van der Waals surface area contributed by atoms with Gasteiger partial charge >= 0.3 is 0 Å². The van der Waals surface area contributed by atoms with Crippen molar-refractivity contribution in [1.29, 1.82) is 0 Å². The summed E-state index contributed by atoms with van der Waals surface area (Å²) < 4.78 is 16.3. The maximum Gasteiger partial charge on any atom is 0.291 e. The number of carbonyl (C=O) groups excluding carboxylic acids is 2. The molecule has 1 amide bonds. The number of aromatic amines is 1. The van der Waals surface area contributed by atoms with E-state index < -0.39 is 11.4 Å². The molecule has 12 nitrogen and oxygen atoms in total. The van der Waals surface area contributed by atoms with Gasteiger partial charge in [-0.2, -0.15) is 14.7 Å². The average molecular weight is 534 g/mol. The SMILES string of the molecule is CC(=O)c1c(C2CC3CC[C@@H](C2)N3C(=O)c2ncn[nH]2)nc2c(-c3cnc(C(C)(C)O)c(F)c3)cnn2c1N. The Morgan fingerprint density at radius 2 is 1.90 bits per heavy atom. The second kappa shape index (κ2) is 8.90. The van der Waals surface area contributed by atoms with Crippen LogP contribution >= 0.6 is 0 Å². The van der Waals surface area contributed by atoms with Crippen molar-refractivity contribution in [1.82, 2.24) is 39.7 Å². The highest BCUT2D eigenvalue weighted by Crippen LogP contribution is 2.45. The summed E-state index contributed by atoms with van der Waals surface area (Å²) in [7, 11) is 0. The van der Waals surface area contributed by atoms with Crippen LogP contribution in [0.2, 0.25) is 0 Å². The van der Waals surface area contributed by atoms with E-state index in [2.05, 4.69) is 25.3 Å². The number of nitrogens with one attached hydrogen (secondary N) is 1. The van der Waals surface area contributed by atoms with Crippen molar-refractivity contribution in [2.45, 2.75) is 70.1 Å². The van der Waals surface area contributed by atoms with Crippen LogP contribution in [-0.4, -0.2) is 68.5 Å². The molecule has 6 heterocycles. The van der Waals surface area contributed by atoms with Gasteiger partial charge in [-0.15, -0.1) is 0 Å². The van der Waals surface area contributed by atoms with Gasteiger partial charge < -0.3 is 15.7 Å². The predicted octanol–water partition coefficient (Wildman–Crippen LogP) is 2.61. The topological polar surface area (TPSA) is 168 Å². The van der Waals surface area contributed by atoms with Crippen molar-refractivity contribution in [3.63, 3.8) is 0 Å². The Morgan fingerprint density at radius 3 is 2.49 bits per heavy atom. The number of halogens is 1. The molecule has 0 radical (unpaired) electrons. The molecule has 13 heteroatoms. The minimum absolute atomic E-state index is 0.0394. The van der Waals surface area contributed by atoms with Crippen LogP contribution in [0.25, 0.3) is 16.8 Å². The molecule has 2 bridgehead atoms. The van der Waals surface area contributed by atoms with Gasteiger partial charge in [0.2, 0.25) is 5.82 Å². The summed E-state index contributed by atoms with van der Waals surface area (Å²) in [4.78, 5) is 40.8. The van der Waals surface area contributed by atoms with Crippen molar-refractivity contribution in [2.75, 3.05) is 5.73 Å². The number of hydrogen-bond acceptors (Lipinski definition) is 9. The Labute approximate surface area is 222 Å². The van der Waals surface area contributed by atoms with Crippen molar-refractivity contribution >= 4 is 23.2 Å². The summed E-state index contributed by atoms with van der Waals surface area (Å²) in [5.41, 5.74) is 7.11. The number of anilines is 1. The van der Waals surface area contributed by atoms with Gasteiger partial charge in [-0.1, -0.05) is 0 Å². The summed E-state index contributed by atoms with van der Waals surface area (Å²) in [5, 5.41) is 21.0. The molecule has 0 spiro atoms. The standard InChI is InChI=1S/C26H28FN9O3/c1-12(37)19-20(13-6-15-4-5-16(7-13)35(15)25(38)23-30-11-31-34-23)33-24-17(10-32-36(24)22(19)28)14-8-18(27)21(29-9-14)26(2,3)39/h8-11,13,15-16,39H,4-7,28H2,1-3H3,(H,30,31,34)/t13?,15-,16?/m0/s1. The first-order valence-electron chi connectivity index (χ1n) is 12.8. The lowest BCUT2D eigenvalue weighted by Crippen LogP contribution is -2.46. The molecule has 2 fully saturated rings. The van der Waals surface area contributed by atoms with Gasteiger partial charge in [0.25, 0.3) is 5.91 Å². The van der Waals surface area contributed by atoms with Crippen LogP contribution in [0.1, 0.15) is 84.7 Å². The number of nitrogens with zero attached hydrogens (tertiary/aromatic N) is 7. The van der Waals surface area contributed by atoms with E-state index in [1.165, 1.54) is 50.1 Å². The molecule has 39 heavy (non-hydrogen) atoms. The molecule has 2 saturated heterocycles. The van der Waals surface area contributed by atoms with Crippen LogP contribution in [0.4, 0.5) is 10.2 Å². The smallest absolute Gasteiger partial charge is 0.291 e. The number of Topliss-reactive ketones (excluding diaryl/α,β-unsaturated/α-hetero) is 1. The zero-order valence-electron chi connectivity index (χ0n) is 21.7. The first kappa shape index (κ1) is 25.0. The Bertz CT molecular complexity index is 1600. The van der Waals surface area contributed by atoms with Gasteiger partial charge in [0.15, 0.2) is 11.4 Å². The summed E-state index contributed by atoms with van der Waals surface area (Å²) in [6.07, 6.45) is 7.17. The second-order valence-corrected chi connectivity index (χ2v) is 10.8. The van der Waals surface area contributed by atoms with E-state index in [-0.39, 0.29) is 47.0 Å². The minimum Gasteiger partial charge on any atom is -0.384 e. The van der Waals surface area contributed by atoms with Gasteiger partial charge in [0.1, 0.15) is 29.3 Å². The average Bonchev–Trinajstić information content (AvgIpc) is 3.61. The summed E-state index contributed by atoms with van der Waals surface area (Å²) in [6.45, 7) is 4.37. The number of aliphatic hydroxyl groups is 1. The lowest BCUT2D eigenvalue weighted by atomic mass is 9.85. The number of pyridine rings is 1. The number of aromatic nitrogens is 7. The Kier molecular flexibility index (Phi) is 5.72. The van der Waals surface area contributed by atoms with E-state index in [4.69, 9.17) is 10.7 Å². The number of ketones is 1. The number of fused-ring (bicyclic) bond motifs is 3. The molecule has 4 aromatic rings. The van der Waals surface area contributed by atoms with E-state index in [0.717, 1.165) is 12.8 Å². The number of nitrogens with two attached hydrogens (primary N) is 1. The van der Waals surface area contributed by atoms with Crippen LogP contribution < -0.4 is 5.73 Å². The zero-order chi connectivity index (χ0) is 27.6. The quantitative estimate of drug-likeness (QED) is 0.327. The van der Waals surface area contributed by atoms with E-state index in [1.54, 1.807) is 0 Å². The maximum absolute atomic E-state index is 14.9. The number of hydrogen-bond donors (Lipinski definition) is 3. The summed E-state index contributed by atoms with van der Waals surface area (Å²) in [5.74, 6) is -0.836. The molecule has 4 aromatic heterocycles. The number of nitrogen functional groups attached to an aromatic ring is 1. The van der Waals surface area contributed by atoms with E-state index in [0.29, 0.717) is 40.9 Å². The van der Waals surface area contributed by atoms with Crippen LogP contribution in [-0.2, 0) is 5.60 Å². The fourth-order valence-electron chi connectivity index (χ4n) is 6.09. The fourth-order valence-corrected chi connectivity index (χ4v) is 6.09. The zero-order valence-corrected chi connectivity index (χ0v) is 21.7. The third-order valence-electron chi connectivity index (χ3n) is 7.77. The summed E-state index contributed by atoms with van der Waals surface area (Å²) >= 11 is 0.